The SMILES string of the molecule is CCCCC1(C)C(=O)C(C2=NS(=O)(=O)c3cc(OCC(N)=O)ccc3N2)C(=O)c2ccccc21. The molecule has 10 heteroatoms. The average molecular weight is 484 g/mol. The molecule has 0 aromatic heterocycles. The number of nitrogens with zero attached hydrogens (tertiary/aromatic N) is 1. The van der Waals surface area contributed by atoms with Gasteiger partial charge in [0.05, 0.1) is 11.1 Å². The lowest BCUT2D eigenvalue weighted by atomic mass is 9.63. The number of unbranched alkanes of at least 4 members (excludes halogenated alkanes) is 1. The van der Waals surface area contributed by atoms with Crippen molar-refractivity contribution in [3.63, 3.8) is 0 Å². The lowest BCUT2D eigenvalue weighted by molar-refractivity contribution is -0.125. The number of nitrogens with two attached hydrogens (primary N) is 1. The second-order valence-electron chi connectivity index (χ2n) is 8.63. The lowest BCUT2D eigenvalue weighted by Crippen LogP contribution is -2.51. The van der Waals surface area contributed by atoms with E-state index in [0.29, 0.717) is 17.5 Å². The number of amidine groups is 1. The molecule has 1 amide bonds. The molecule has 2 aromatic rings. The number of carbonyl (C=O) groups is 3. The van der Waals surface area contributed by atoms with Crippen LogP contribution in [0.5, 0.6) is 5.75 Å². The molecule has 2 atom stereocenters. The van der Waals surface area contributed by atoms with E-state index in [4.69, 9.17) is 10.5 Å². The Hall–Kier alpha value is -3.53. The molecular formula is C24H25N3O6S. The van der Waals surface area contributed by atoms with E-state index in [1.807, 2.05) is 6.92 Å². The number of benzene rings is 2. The molecule has 2 aromatic carbocycles. The van der Waals surface area contributed by atoms with Gasteiger partial charge in [0.2, 0.25) is 0 Å². The minimum absolute atomic E-state index is 0.118. The van der Waals surface area contributed by atoms with Crippen molar-refractivity contribution in [2.75, 3.05) is 11.9 Å². The minimum Gasteiger partial charge on any atom is -0.484 e. The van der Waals surface area contributed by atoms with Gasteiger partial charge in [-0.2, -0.15) is 8.42 Å². The first kappa shape index (κ1) is 23.6. The predicted octanol–water partition coefficient (Wildman–Crippen LogP) is 2.59. The van der Waals surface area contributed by atoms with Crippen molar-refractivity contribution >= 4 is 39.0 Å². The Morgan fingerprint density at radius 1 is 1.21 bits per heavy atom. The van der Waals surface area contributed by atoms with Crippen molar-refractivity contribution in [3.8, 4) is 5.75 Å². The molecule has 1 aliphatic carbocycles. The van der Waals surface area contributed by atoms with Gasteiger partial charge in [0.1, 0.15) is 22.4 Å². The Balaban J connectivity index is 1.76. The average Bonchev–Trinajstić information content (AvgIpc) is 2.80. The Kier molecular flexibility index (Phi) is 6.03. The number of anilines is 1. The zero-order valence-corrected chi connectivity index (χ0v) is 19.6. The summed E-state index contributed by atoms with van der Waals surface area (Å²) in [7, 11) is -4.26. The molecule has 3 N–H and O–H groups in total. The molecule has 2 unspecified atom stereocenters. The number of carbonyl (C=O) groups excluding carboxylic acids is 3. The van der Waals surface area contributed by atoms with Crippen LogP contribution in [-0.2, 0) is 25.0 Å². The number of ether oxygens (including phenoxy) is 1. The van der Waals surface area contributed by atoms with E-state index < -0.39 is 39.7 Å². The summed E-state index contributed by atoms with van der Waals surface area (Å²) in [6.45, 7) is 3.40. The Morgan fingerprint density at radius 3 is 2.65 bits per heavy atom. The second kappa shape index (κ2) is 8.68. The molecule has 1 aliphatic heterocycles. The fourth-order valence-corrected chi connectivity index (χ4v) is 5.64. The van der Waals surface area contributed by atoms with Crippen molar-refractivity contribution in [1.82, 2.24) is 0 Å². The first-order valence-corrected chi connectivity index (χ1v) is 12.4. The molecule has 0 radical (unpaired) electrons. The number of Topliss-reactive ketones (excluding diaryl/α,β-unsaturated/α-hetero) is 2. The van der Waals surface area contributed by atoms with E-state index in [9.17, 15) is 22.8 Å². The number of nitrogens with one attached hydrogen (secondary N) is 1. The zero-order valence-electron chi connectivity index (χ0n) is 18.8. The van der Waals surface area contributed by atoms with E-state index >= 15 is 0 Å². The topological polar surface area (TPSA) is 145 Å². The van der Waals surface area contributed by atoms with Crippen LogP contribution in [0, 0.1) is 5.92 Å². The Morgan fingerprint density at radius 2 is 1.94 bits per heavy atom. The van der Waals surface area contributed by atoms with Crippen LogP contribution < -0.4 is 15.8 Å². The number of fused-ring (bicyclic) bond motifs is 2. The highest BCUT2D eigenvalue weighted by molar-refractivity contribution is 7.90. The van der Waals surface area contributed by atoms with E-state index in [0.717, 1.165) is 12.8 Å². The van der Waals surface area contributed by atoms with Crippen molar-refractivity contribution < 1.29 is 27.5 Å². The fraction of sp³-hybridized carbons (Fsp3) is 0.333. The number of amides is 1. The van der Waals surface area contributed by atoms with E-state index in [-0.39, 0.29) is 28.0 Å². The molecule has 1 heterocycles. The van der Waals surface area contributed by atoms with Crippen molar-refractivity contribution in [3.05, 3.63) is 53.6 Å². The Labute approximate surface area is 197 Å². The summed E-state index contributed by atoms with van der Waals surface area (Å²) in [5.74, 6) is -3.04. The highest BCUT2D eigenvalue weighted by Gasteiger charge is 2.51. The predicted molar refractivity (Wildman–Crippen MR) is 126 cm³/mol. The van der Waals surface area contributed by atoms with Gasteiger partial charge >= 0.3 is 0 Å². The highest BCUT2D eigenvalue weighted by atomic mass is 32.2. The number of ketones is 2. The number of sulfonamides is 1. The van der Waals surface area contributed by atoms with Crippen LogP contribution in [-0.4, -0.2) is 38.3 Å². The van der Waals surface area contributed by atoms with Gasteiger partial charge < -0.3 is 15.8 Å². The van der Waals surface area contributed by atoms with Crippen LogP contribution in [0.4, 0.5) is 5.69 Å². The number of hydrogen-bond donors (Lipinski definition) is 2. The third-order valence-corrected chi connectivity index (χ3v) is 7.58. The zero-order chi connectivity index (χ0) is 24.7. The summed E-state index contributed by atoms with van der Waals surface area (Å²) in [6.07, 6.45) is 2.16. The fourth-order valence-electron chi connectivity index (χ4n) is 4.47. The minimum atomic E-state index is -4.26. The summed E-state index contributed by atoms with van der Waals surface area (Å²) in [5, 5.41) is 2.88. The van der Waals surface area contributed by atoms with E-state index in [2.05, 4.69) is 9.71 Å². The van der Waals surface area contributed by atoms with Crippen molar-refractivity contribution in [2.45, 2.75) is 43.4 Å². The molecule has 9 nitrogen and oxygen atoms in total. The summed E-state index contributed by atoms with van der Waals surface area (Å²) < 4.78 is 35.0. The van der Waals surface area contributed by atoms with Crippen LogP contribution >= 0.6 is 0 Å². The highest BCUT2D eigenvalue weighted by Crippen LogP contribution is 2.42. The number of rotatable bonds is 7. The molecule has 2 aliphatic rings. The lowest BCUT2D eigenvalue weighted by Gasteiger charge is -2.38. The van der Waals surface area contributed by atoms with Gasteiger partial charge in [0, 0.05) is 11.6 Å². The first-order chi connectivity index (χ1) is 16.1. The summed E-state index contributed by atoms with van der Waals surface area (Å²) in [4.78, 5) is 37.9. The molecule has 4 rings (SSSR count). The quantitative estimate of drug-likeness (QED) is 0.576. The van der Waals surface area contributed by atoms with Crippen LogP contribution in [0.2, 0.25) is 0 Å². The van der Waals surface area contributed by atoms with Gasteiger partial charge in [-0.25, -0.2) is 0 Å². The molecule has 0 bridgehead atoms. The van der Waals surface area contributed by atoms with E-state index in [1.54, 1.807) is 31.2 Å². The van der Waals surface area contributed by atoms with Crippen LogP contribution in [0.1, 0.15) is 49.0 Å². The van der Waals surface area contributed by atoms with Crippen LogP contribution in [0.15, 0.2) is 51.8 Å². The summed E-state index contributed by atoms with van der Waals surface area (Å²) >= 11 is 0. The monoisotopic (exact) mass is 483 g/mol. The second-order valence-corrected chi connectivity index (χ2v) is 10.2. The third-order valence-electron chi connectivity index (χ3n) is 6.25. The maximum absolute atomic E-state index is 13.8. The van der Waals surface area contributed by atoms with Gasteiger partial charge in [0.15, 0.2) is 18.2 Å². The molecular weight excluding hydrogens is 458 g/mol. The maximum Gasteiger partial charge on any atom is 0.286 e. The van der Waals surface area contributed by atoms with Crippen LogP contribution in [0.3, 0.4) is 0 Å². The molecule has 0 spiro atoms. The number of primary amides is 1. The summed E-state index contributed by atoms with van der Waals surface area (Å²) in [6, 6.07) is 11.1. The normalized spacial score (nSPS) is 22.8. The smallest absolute Gasteiger partial charge is 0.286 e. The van der Waals surface area contributed by atoms with E-state index in [1.165, 1.54) is 18.2 Å². The molecule has 0 saturated carbocycles. The standard InChI is InChI=1S/C24H25N3O6S/c1-3-4-11-24(2)16-8-6-5-7-15(16)21(29)20(22(24)30)23-26-17-10-9-14(33-13-19(25)28)12-18(17)34(31,32)27-23/h5-10,12,20H,3-4,11,13H2,1-2H3,(H2,25,28)(H,26,27). The largest absolute Gasteiger partial charge is 0.484 e. The number of hydrogen-bond acceptors (Lipinski definition) is 7. The van der Waals surface area contributed by atoms with Gasteiger partial charge in [0.25, 0.3) is 15.9 Å². The third kappa shape index (κ3) is 3.98. The molecule has 34 heavy (non-hydrogen) atoms. The molecule has 0 fully saturated rings. The maximum atomic E-state index is 13.8. The van der Waals surface area contributed by atoms with Crippen molar-refractivity contribution in [2.24, 2.45) is 16.0 Å². The molecule has 0 saturated heterocycles. The Bertz CT molecular complexity index is 1330. The first-order valence-electron chi connectivity index (χ1n) is 10.9. The van der Waals surface area contributed by atoms with Gasteiger partial charge in [-0.1, -0.05) is 44.0 Å². The van der Waals surface area contributed by atoms with Crippen molar-refractivity contribution in [1.29, 1.82) is 0 Å². The molecule has 178 valence electrons. The van der Waals surface area contributed by atoms with Crippen LogP contribution in [0.25, 0.3) is 0 Å². The van der Waals surface area contributed by atoms with Gasteiger partial charge in [-0.3, -0.25) is 14.4 Å². The van der Waals surface area contributed by atoms with Gasteiger partial charge in [-0.05, 0) is 31.0 Å². The van der Waals surface area contributed by atoms with Gasteiger partial charge in [-0.15, -0.1) is 4.40 Å². The summed E-state index contributed by atoms with van der Waals surface area (Å²) in [5.41, 5.74) is 5.32.